The van der Waals surface area contributed by atoms with Gasteiger partial charge in [0.05, 0.1) is 24.4 Å². The van der Waals surface area contributed by atoms with Gasteiger partial charge in [0.2, 0.25) is 0 Å². The molecule has 0 aromatic heterocycles. The van der Waals surface area contributed by atoms with E-state index in [9.17, 15) is 19.2 Å². The van der Waals surface area contributed by atoms with E-state index in [0.717, 1.165) is 0 Å². The van der Waals surface area contributed by atoms with Gasteiger partial charge in [-0.3, -0.25) is 19.2 Å². The molecule has 9 nitrogen and oxygen atoms in total. The summed E-state index contributed by atoms with van der Waals surface area (Å²) >= 11 is 0. The van der Waals surface area contributed by atoms with Gasteiger partial charge >= 0.3 is 23.9 Å². The van der Waals surface area contributed by atoms with E-state index in [0.29, 0.717) is 5.56 Å². The monoisotopic (exact) mass is 479 g/mol. The number of esters is 4. The average molecular weight is 480 g/mol. The molecule has 0 aliphatic carbocycles. The Hall–Kier alpha value is -2.94. The summed E-state index contributed by atoms with van der Waals surface area (Å²) in [5.41, 5.74) is 0.0253. The summed E-state index contributed by atoms with van der Waals surface area (Å²) in [5.74, 6) is -2.34. The molecule has 0 bridgehead atoms. The molecule has 1 atom stereocenters. The van der Waals surface area contributed by atoms with Crippen molar-refractivity contribution in [3.05, 3.63) is 23.8 Å². The number of carbonyl (C=O) groups excluding carboxylic acids is 4. The zero-order valence-corrected chi connectivity index (χ0v) is 21.4. The summed E-state index contributed by atoms with van der Waals surface area (Å²) in [4.78, 5) is 48.4. The quantitative estimate of drug-likeness (QED) is 0.290. The van der Waals surface area contributed by atoms with Gasteiger partial charge in [0.25, 0.3) is 0 Å². The maximum absolute atomic E-state index is 12.3. The second-order valence-corrected chi connectivity index (χ2v) is 9.55. The predicted octanol–water partition coefficient (Wildman–Crippen LogP) is 3.07. The van der Waals surface area contributed by atoms with Crippen molar-refractivity contribution in [1.29, 1.82) is 0 Å². The smallest absolute Gasteiger partial charge is 0.323 e. The number of hydrogen-bond donors (Lipinski definition) is 1. The molecule has 0 heterocycles. The molecule has 0 spiro atoms. The second kappa shape index (κ2) is 13.1. The van der Waals surface area contributed by atoms with Crippen LogP contribution in [0.25, 0.3) is 0 Å². The first-order chi connectivity index (χ1) is 15.8. The first-order valence-corrected chi connectivity index (χ1v) is 11.3. The maximum Gasteiger partial charge on any atom is 0.323 e. The molecule has 0 aliphatic rings. The number of nitrogens with one attached hydrogen (secondary N) is 1. The molecule has 1 N–H and O–H groups in total. The third-order valence-corrected chi connectivity index (χ3v) is 4.64. The van der Waals surface area contributed by atoms with Gasteiger partial charge in [-0.1, -0.05) is 33.8 Å². The van der Waals surface area contributed by atoms with Gasteiger partial charge < -0.3 is 24.3 Å². The fourth-order valence-electron chi connectivity index (χ4n) is 2.51. The molecule has 0 saturated carbocycles. The van der Waals surface area contributed by atoms with Crippen molar-refractivity contribution in [3.8, 4) is 11.5 Å². The molecule has 0 radical (unpaired) electrons. The summed E-state index contributed by atoms with van der Waals surface area (Å²) in [7, 11) is 1.28. The summed E-state index contributed by atoms with van der Waals surface area (Å²) in [6.45, 7) is 12.4. The lowest BCUT2D eigenvalue weighted by Gasteiger charge is -2.20. The van der Waals surface area contributed by atoms with Crippen LogP contribution in [0.5, 0.6) is 11.5 Å². The van der Waals surface area contributed by atoms with E-state index in [2.05, 4.69) is 5.32 Å². The van der Waals surface area contributed by atoms with Crippen LogP contribution in [0.4, 0.5) is 0 Å². The van der Waals surface area contributed by atoms with Crippen LogP contribution < -0.4 is 14.8 Å². The molecule has 1 aromatic rings. The molecule has 0 aliphatic heterocycles. The van der Waals surface area contributed by atoms with E-state index in [1.807, 2.05) is 0 Å². The molecule has 0 fully saturated rings. The highest BCUT2D eigenvalue weighted by molar-refractivity contribution is 5.79. The third kappa shape index (κ3) is 9.51. The van der Waals surface area contributed by atoms with Gasteiger partial charge in [0.15, 0.2) is 11.5 Å². The fourth-order valence-corrected chi connectivity index (χ4v) is 2.51. The molecular weight excluding hydrogens is 442 g/mol. The van der Waals surface area contributed by atoms with E-state index in [-0.39, 0.29) is 43.0 Å². The second-order valence-electron chi connectivity index (χ2n) is 9.55. The number of carbonyl (C=O) groups is 4. The normalized spacial score (nSPS) is 12.3. The minimum absolute atomic E-state index is 0.0882. The summed E-state index contributed by atoms with van der Waals surface area (Å²) in [5, 5.41) is 3.02. The Morgan fingerprint density at radius 1 is 0.882 bits per heavy atom. The van der Waals surface area contributed by atoms with Crippen LogP contribution in [0.15, 0.2) is 18.2 Å². The minimum Gasteiger partial charge on any atom is -0.468 e. The first kappa shape index (κ1) is 29.1. The van der Waals surface area contributed by atoms with Crippen LogP contribution >= 0.6 is 0 Å². The van der Waals surface area contributed by atoms with Crippen LogP contribution in [0.1, 0.15) is 54.0 Å². The lowest BCUT2D eigenvalue weighted by Crippen LogP contribution is -2.41. The highest BCUT2D eigenvalue weighted by Gasteiger charge is 2.24. The van der Waals surface area contributed by atoms with E-state index in [1.54, 1.807) is 60.6 Å². The number of hydrogen-bond acceptors (Lipinski definition) is 9. The Bertz CT molecular complexity index is 870. The Morgan fingerprint density at radius 2 is 1.44 bits per heavy atom. The SMILES string of the molecule is COC(=O)[C@H](Cc1ccc(OC(=O)C(C)C)c(OC(=O)C(C)C)c1)NCCOC(=O)C(C)(C)C. The molecular formula is C25H37NO8. The molecule has 9 heteroatoms. The maximum atomic E-state index is 12.3. The zero-order chi connectivity index (χ0) is 26.1. The number of methoxy groups -OCH3 is 1. The lowest BCUT2D eigenvalue weighted by atomic mass is 9.97. The molecule has 1 aromatic carbocycles. The molecule has 190 valence electrons. The molecule has 34 heavy (non-hydrogen) atoms. The van der Waals surface area contributed by atoms with Crippen molar-refractivity contribution < 1.29 is 38.1 Å². The van der Waals surface area contributed by atoms with Crippen LogP contribution in [0.2, 0.25) is 0 Å². The zero-order valence-electron chi connectivity index (χ0n) is 21.4. The Morgan fingerprint density at radius 3 is 1.94 bits per heavy atom. The van der Waals surface area contributed by atoms with Gasteiger partial charge in [-0.25, -0.2) is 0 Å². The van der Waals surface area contributed by atoms with Crippen LogP contribution in [-0.2, 0) is 35.1 Å². The molecule has 1 rings (SSSR count). The largest absolute Gasteiger partial charge is 0.468 e. The number of ether oxygens (including phenoxy) is 4. The van der Waals surface area contributed by atoms with Gasteiger partial charge in [0, 0.05) is 6.54 Å². The van der Waals surface area contributed by atoms with Crippen molar-refractivity contribution in [2.75, 3.05) is 20.3 Å². The van der Waals surface area contributed by atoms with Crippen LogP contribution in [-0.4, -0.2) is 50.2 Å². The van der Waals surface area contributed by atoms with Crippen molar-refractivity contribution in [1.82, 2.24) is 5.32 Å². The summed E-state index contributed by atoms with van der Waals surface area (Å²) < 4.78 is 20.9. The van der Waals surface area contributed by atoms with Crippen LogP contribution in [0, 0.1) is 17.3 Å². The van der Waals surface area contributed by atoms with E-state index >= 15 is 0 Å². The van der Waals surface area contributed by atoms with Crippen molar-refractivity contribution >= 4 is 23.9 Å². The Kier molecular flexibility index (Phi) is 11.2. The van der Waals surface area contributed by atoms with Crippen molar-refractivity contribution in [2.24, 2.45) is 17.3 Å². The number of rotatable bonds is 11. The molecule has 0 amide bonds. The Balaban J connectivity index is 3.01. The first-order valence-electron chi connectivity index (χ1n) is 11.3. The summed E-state index contributed by atoms with van der Waals surface area (Å²) in [6.07, 6.45) is 0.199. The molecule has 0 saturated heterocycles. The minimum atomic E-state index is -0.740. The number of benzene rings is 1. The van der Waals surface area contributed by atoms with Gasteiger partial charge in [-0.15, -0.1) is 0 Å². The van der Waals surface area contributed by atoms with Crippen LogP contribution in [0.3, 0.4) is 0 Å². The van der Waals surface area contributed by atoms with Gasteiger partial charge in [-0.2, -0.15) is 0 Å². The van der Waals surface area contributed by atoms with E-state index in [1.165, 1.54) is 13.2 Å². The lowest BCUT2D eigenvalue weighted by molar-refractivity contribution is -0.152. The van der Waals surface area contributed by atoms with E-state index in [4.69, 9.17) is 18.9 Å². The van der Waals surface area contributed by atoms with E-state index < -0.39 is 35.3 Å². The fraction of sp³-hybridized carbons (Fsp3) is 0.600. The van der Waals surface area contributed by atoms with Gasteiger partial charge in [0.1, 0.15) is 12.6 Å². The highest BCUT2D eigenvalue weighted by atomic mass is 16.6. The average Bonchev–Trinajstić information content (AvgIpc) is 2.75. The summed E-state index contributed by atoms with van der Waals surface area (Å²) in [6, 6.07) is 4.02. The predicted molar refractivity (Wildman–Crippen MR) is 125 cm³/mol. The van der Waals surface area contributed by atoms with Crippen molar-refractivity contribution in [2.45, 2.75) is 60.9 Å². The highest BCUT2D eigenvalue weighted by Crippen LogP contribution is 2.30. The molecule has 0 unspecified atom stereocenters. The standard InChI is InChI=1S/C25H37NO8/c1-15(2)21(27)33-19-10-9-17(14-20(19)34-22(28)16(3)4)13-18(23(29)31-8)26-11-12-32-24(30)25(5,6)7/h9-10,14-16,18,26H,11-13H2,1-8H3/t18-/m0/s1. The topological polar surface area (TPSA) is 117 Å². The van der Waals surface area contributed by atoms with Gasteiger partial charge in [-0.05, 0) is 44.9 Å². The van der Waals surface area contributed by atoms with Crippen molar-refractivity contribution in [3.63, 3.8) is 0 Å². The Labute approximate surface area is 201 Å². The third-order valence-electron chi connectivity index (χ3n) is 4.64.